The molecule has 106 valence electrons. The lowest BCUT2D eigenvalue weighted by atomic mass is 10.2. The second-order valence-electron chi connectivity index (χ2n) is 5.15. The first-order valence-electron chi connectivity index (χ1n) is 7.48. The summed E-state index contributed by atoms with van der Waals surface area (Å²) in [6.07, 6.45) is 7.41. The SMILES string of the molecule is c1cc(CCNCCCCN2CCNCC2)ccn1. The molecule has 2 N–H and O–H groups in total. The Morgan fingerprint density at radius 1 is 1.11 bits per heavy atom. The Bertz CT molecular complexity index is 322. The molecule has 2 rings (SSSR count). The first-order chi connectivity index (χ1) is 9.45. The minimum absolute atomic E-state index is 1.07. The Morgan fingerprint density at radius 3 is 2.68 bits per heavy atom. The van der Waals surface area contributed by atoms with Crippen LogP contribution in [0.2, 0.25) is 0 Å². The number of hydrogen-bond acceptors (Lipinski definition) is 4. The summed E-state index contributed by atoms with van der Waals surface area (Å²) < 4.78 is 0. The molecule has 1 aliphatic heterocycles. The summed E-state index contributed by atoms with van der Waals surface area (Å²) in [5.74, 6) is 0. The molecule has 0 aromatic carbocycles. The van der Waals surface area contributed by atoms with Gasteiger partial charge in [-0.1, -0.05) is 0 Å². The highest BCUT2D eigenvalue weighted by Gasteiger charge is 2.07. The van der Waals surface area contributed by atoms with Gasteiger partial charge in [0.05, 0.1) is 0 Å². The summed E-state index contributed by atoms with van der Waals surface area (Å²) in [5, 5.41) is 6.91. The summed E-state index contributed by atoms with van der Waals surface area (Å²) in [6.45, 7) is 8.21. The quantitative estimate of drug-likeness (QED) is 0.683. The Labute approximate surface area is 116 Å². The van der Waals surface area contributed by atoms with Crippen LogP contribution in [-0.4, -0.2) is 55.7 Å². The zero-order valence-electron chi connectivity index (χ0n) is 11.8. The molecule has 4 heteroatoms. The normalized spacial score (nSPS) is 16.6. The van der Waals surface area contributed by atoms with Crippen LogP contribution in [0.4, 0.5) is 0 Å². The van der Waals surface area contributed by atoms with Crippen molar-refractivity contribution >= 4 is 0 Å². The lowest BCUT2D eigenvalue weighted by Crippen LogP contribution is -2.43. The lowest BCUT2D eigenvalue weighted by Gasteiger charge is -2.27. The van der Waals surface area contributed by atoms with Crippen LogP contribution >= 0.6 is 0 Å². The van der Waals surface area contributed by atoms with E-state index in [-0.39, 0.29) is 0 Å². The predicted octanol–water partition coefficient (Wildman–Crippen LogP) is 0.899. The van der Waals surface area contributed by atoms with Crippen molar-refractivity contribution in [2.45, 2.75) is 19.3 Å². The lowest BCUT2D eigenvalue weighted by molar-refractivity contribution is 0.236. The molecular weight excluding hydrogens is 236 g/mol. The molecule has 0 amide bonds. The number of nitrogens with one attached hydrogen (secondary N) is 2. The van der Waals surface area contributed by atoms with Crippen molar-refractivity contribution in [2.24, 2.45) is 0 Å². The summed E-state index contributed by atoms with van der Waals surface area (Å²) in [5.41, 5.74) is 1.36. The highest BCUT2D eigenvalue weighted by molar-refractivity contribution is 5.09. The third-order valence-electron chi connectivity index (χ3n) is 3.63. The van der Waals surface area contributed by atoms with Crippen molar-refractivity contribution in [3.05, 3.63) is 30.1 Å². The Hall–Kier alpha value is -0.970. The number of aromatic nitrogens is 1. The third kappa shape index (κ3) is 6.14. The maximum atomic E-state index is 4.03. The van der Waals surface area contributed by atoms with Gasteiger partial charge < -0.3 is 15.5 Å². The molecule has 1 saturated heterocycles. The van der Waals surface area contributed by atoms with Crippen molar-refractivity contribution in [1.29, 1.82) is 0 Å². The molecule has 1 aromatic heterocycles. The molecule has 0 spiro atoms. The molecule has 1 fully saturated rings. The van der Waals surface area contributed by atoms with Crippen molar-refractivity contribution in [2.75, 3.05) is 45.8 Å². The minimum atomic E-state index is 1.07. The fourth-order valence-corrected chi connectivity index (χ4v) is 2.43. The van der Waals surface area contributed by atoms with Crippen LogP contribution < -0.4 is 10.6 Å². The Kier molecular flexibility index (Phi) is 6.85. The summed E-state index contributed by atoms with van der Waals surface area (Å²) in [4.78, 5) is 6.59. The van der Waals surface area contributed by atoms with E-state index >= 15 is 0 Å². The van der Waals surface area contributed by atoms with Crippen LogP contribution in [0.5, 0.6) is 0 Å². The number of rotatable bonds is 8. The van der Waals surface area contributed by atoms with Gasteiger partial charge in [0.25, 0.3) is 0 Å². The van der Waals surface area contributed by atoms with Gasteiger partial charge >= 0.3 is 0 Å². The Balaban J connectivity index is 1.42. The molecule has 1 aliphatic rings. The number of piperazine rings is 1. The molecule has 0 bridgehead atoms. The highest BCUT2D eigenvalue weighted by Crippen LogP contribution is 1.98. The Morgan fingerprint density at radius 2 is 1.89 bits per heavy atom. The van der Waals surface area contributed by atoms with Gasteiger partial charge in [0, 0.05) is 38.6 Å². The maximum Gasteiger partial charge on any atom is 0.0270 e. The second-order valence-corrected chi connectivity index (χ2v) is 5.15. The van der Waals surface area contributed by atoms with Crippen molar-refractivity contribution in [1.82, 2.24) is 20.5 Å². The van der Waals surface area contributed by atoms with E-state index < -0.39 is 0 Å². The van der Waals surface area contributed by atoms with Crippen molar-refractivity contribution in [3.8, 4) is 0 Å². The molecule has 2 heterocycles. The first-order valence-corrected chi connectivity index (χ1v) is 7.48. The van der Waals surface area contributed by atoms with Gasteiger partial charge in [0.15, 0.2) is 0 Å². The first kappa shape index (κ1) is 14.4. The van der Waals surface area contributed by atoms with Gasteiger partial charge in [0.2, 0.25) is 0 Å². The van der Waals surface area contributed by atoms with Crippen molar-refractivity contribution in [3.63, 3.8) is 0 Å². The molecule has 0 aliphatic carbocycles. The standard InChI is InChI=1S/C15H26N4/c1(2-12-19-13-10-18-11-14-19)6-16-7-3-15-4-8-17-9-5-15/h4-5,8-9,16,18H,1-3,6-7,10-14H2. The van der Waals surface area contributed by atoms with Gasteiger partial charge in [-0.2, -0.15) is 0 Å². The van der Waals surface area contributed by atoms with E-state index in [4.69, 9.17) is 0 Å². The van der Waals surface area contributed by atoms with Crippen LogP contribution in [0.15, 0.2) is 24.5 Å². The number of unbranched alkanes of at least 4 members (excludes halogenated alkanes) is 1. The predicted molar refractivity (Wildman–Crippen MR) is 79.4 cm³/mol. The topological polar surface area (TPSA) is 40.2 Å². The van der Waals surface area contributed by atoms with E-state index in [1.807, 2.05) is 12.4 Å². The summed E-state index contributed by atoms with van der Waals surface area (Å²) in [7, 11) is 0. The van der Waals surface area contributed by atoms with Gasteiger partial charge in [-0.25, -0.2) is 0 Å². The minimum Gasteiger partial charge on any atom is -0.316 e. The van der Waals surface area contributed by atoms with E-state index in [2.05, 4.69) is 32.7 Å². The van der Waals surface area contributed by atoms with Gasteiger partial charge in [0.1, 0.15) is 0 Å². The van der Waals surface area contributed by atoms with Crippen molar-refractivity contribution < 1.29 is 0 Å². The number of nitrogens with zero attached hydrogens (tertiary/aromatic N) is 2. The average molecular weight is 262 g/mol. The zero-order chi connectivity index (χ0) is 13.2. The van der Waals surface area contributed by atoms with E-state index in [0.717, 1.165) is 32.6 Å². The van der Waals surface area contributed by atoms with Gasteiger partial charge in [-0.3, -0.25) is 4.98 Å². The molecule has 4 nitrogen and oxygen atoms in total. The third-order valence-corrected chi connectivity index (χ3v) is 3.63. The van der Waals surface area contributed by atoms with Crippen LogP contribution in [0.1, 0.15) is 18.4 Å². The highest BCUT2D eigenvalue weighted by atomic mass is 15.2. The smallest absolute Gasteiger partial charge is 0.0270 e. The monoisotopic (exact) mass is 262 g/mol. The molecule has 0 radical (unpaired) electrons. The summed E-state index contributed by atoms with van der Waals surface area (Å²) >= 11 is 0. The summed E-state index contributed by atoms with van der Waals surface area (Å²) in [6, 6.07) is 4.18. The molecule has 1 aromatic rings. The van der Waals surface area contributed by atoms with Crippen LogP contribution in [0.25, 0.3) is 0 Å². The van der Waals surface area contributed by atoms with Gasteiger partial charge in [-0.05, 0) is 56.6 Å². The second kappa shape index (κ2) is 9.02. The fourth-order valence-electron chi connectivity index (χ4n) is 2.43. The molecule has 0 unspecified atom stereocenters. The molecule has 0 saturated carbocycles. The molecular formula is C15H26N4. The number of hydrogen-bond donors (Lipinski definition) is 2. The fraction of sp³-hybridized carbons (Fsp3) is 0.667. The maximum absolute atomic E-state index is 4.03. The van der Waals surface area contributed by atoms with Gasteiger partial charge in [-0.15, -0.1) is 0 Å². The van der Waals surface area contributed by atoms with Crippen LogP contribution in [0, 0.1) is 0 Å². The van der Waals surface area contributed by atoms with E-state index in [0.29, 0.717) is 0 Å². The van der Waals surface area contributed by atoms with E-state index in [1.54, 1.807) is 0 Å². The zero-order valence-corrected chi connectivity index (χ0v) is 11.8. The molecule has 0 atom stereocenters. The number of pyridine rings is 1. The largest absolute Gasteiger partial charge is 0.316 e. The van der Waals surface area contributed by atoms with E-state index in [9.17, 15) is 0 Å². The van der Waals surface area contributed by atoms with E-state index in [1.165, 1.54) is 38.0 Å². The molecule has 19 heavy (non-hydrogen) atoms. The van der Waals surface area contributed by atoms with Crippen LogP contribution in [0.3, 0.4) is 0 Å². The van der Waals surface area contributed by atoms with Crippen LogP contribution in [-0.2, 0) is 6.42 Å². The average Bonchev–Trinajstić information content (AvgIpc) is 2.48.